The maximum atomic E-state index is 12.3. The van der Waals surface area contributed by atoms with E-state index in [1.54, 1.807) is 11.4 Å². The first-order valence-electron chi connectivity index (χ1n) is 6.59. The Morgan fingerprint density at radius 1 is 1.45 bits per heavy atom. The first kappa shape index (κ1) is 15.9. The molecule has 1 unspecified atom stereocenters. The SMILES string of the molecule is CN1CCN(C)C(CNS(=O)(=O)c2ccsc2CN)C1. The largest absolute Gasteiger partial charge is 0.326 e. The lowest BCUT2D eigenvalue weighted by Gasteiger charge is -2.37. The Kier molecular flexibility index (Phi) is 5.16. The van der Waals surface area contributed by atoms with Crippen molar-refractivity contribution in [1.82, 2.24) is 14.5 Å². The van der Waals surface area contributed by atoms with Crippen molar-refractivity contribution in [2.24, 2.45) is 5.73 Å². The van der Waals surface area contributed by atoms with E-state index in [-0.39, 0.29) is 12.6 Å². The van der Waals surface area contributed by atoms with Crippen molar-refractivity contribution in [3.8, 4) is 0 Å². The number of hydrogen-bond acceptors (Lipinski definition) is 6. The van der Waals surface area contributed by atoms with E-state index >= 15 is 0 Å². The smallest absolute Gasteiger partial charge is 0.241 e. The number of nitrogens with one attached hydrogen (secondary N) is 1. The van der Waals surface area contributed by atoms with Crippen molar-refractivity contribution in [1.29, 1.82) is 0 Å². The van der Waals surface area contributed by atoms with Gasteiger partial charge in [0, 0.05) is 43.6 Å². The van der Waals surface area contributed by atoms with Gasteiger partial charge in [-0.2, -0.15) is 0 Å². The second kappa shape index (κ2) is 6.50. The Balaban J connectivity index is 2.02. The van der Waals surface area contributed by atoms with Crippen LogP contribution in [-0.4, -0.2) is 64.5 Å². The first-order valence-corrected chi connectivity index (χ1v) is 8.95. The van der Waals surface area contributed by atoms with Gasteiger partial charge in [-0.05, 0) is 25.5 Å². The fourth-order valence-electron chi connectivity index (χ4n) is 2.32. The Morgan fingerprint density at radius 2 is 2.20 bits per heavy atom. The second-order valence-electron chi connectivity index (χ2n) is 5.16. The lowest BCUT2D eigenvalue weighted by atomic mass is 10.2. The molecule has 0 amide bonds. The number of thiophene rings is 1. The van der Waals surface area contributed by atoms with Gasteiger partial charge >= 0.3 is 0 Å². The molecule has 6 nitrogen and oxygen atoms in total. The summed E-state index contributed by atoms with van der Waals surface area (Å²) >= 11 is 1.38. The van der Waals surface area contributed by atoms with Crippen molar-refractivity contribution in [3.63, 3.8) is 0 Å². The second-order valence-corrected chi connectivity index (χ2v) is 7.90. The Bertz CT molecular complexity index is 543. The molecule has 2 heterocycles. The molecular weight excluding hydrogens is 296 g/mol. The quantitative estimate of drug-likeness (QED) is 0.781. The molecule has 8 heteroatoms. The summed E-state index contributed by atoms with van der Waals surface area (Å²) in [5, 5.41) is 1.76. The third-order valence-corrected chi connectivity index (χ3v) is 6.25. The highest BCUT2D eigenvalue weighted by molar-refractivity contribution is 7.89. The van der Waals surface area contributed by atoms with E-state index in [0.717, 1.165) is 19.6 Å². The Hall–Kier alpha value is -0.510. The highest BCUT2D eigenvalue weighted by Crippen LogP contribution is 2.21. The molecule has 1 aromatic rings. The van der Waals surface area contributed by atoms with E-state index < -0.39 is 10.0 Å². The summed E-state index contributed by atoms with van der Waals surface area (Å²) in [5.41, 5.74) is 5.57. The third kappa shape index (κ3) is 3.57. The summed E-state index contributed by atoms with van der Waals surface area (Å²) in [6, 6.07) is 1.81. The number of sulfonamides is 1. The van der Waals surface area contributed by atoms with Gasteiger partial charge in [-0.15, -0.1) is 11.3 Å². The number of rotatable bonds is 5. The first-order chi connectivity index (χ1) is 9.44. The molecule has 0 bridgehead atoms. The predicted octanol–water partition coefficient (Wildman–Crippen LogP) is -0.269. The highest BCUT2D eigenvalue weighted by Gasteiger charge is 2.25. The molecule has 1 fully saturated rings. The molecule has 0 saturated carbocycles. The van der Waals surface area contributed by atoms with Gasteiger partial charge < -0.3 is 10.6 Å². The summed E-state index contributed by atoms with van der Waals surface area (Å²) in [7, 11) is 0.620. The van der Waals surface area contributed by atoms with E-state index in [1.165, 1.54) is 11.3 Å². The van der Waals surface area contributed by atoms with Crippen molar-refractivity contribution in [2.45, 2.75) is 17.5 Å². The molecule has 0 radical (unpaired) electrons. The number of likely N-dealkylation sites (N-methyl/N-ethyl adjacent to an activating group) is 2. The van der Waals surface area contributed by atoms with Crippen LogP contribution in [0.3, 0.4) is 0 Å². The van der Waals surface area contributed by atoms with Crippen LogP contribution in [0.1, 0.15) is 4.88 Å². The van der Waals surface area contributed by atoms with Crippen LogP contribution in [0, 0.1) is 0 Å². The van der Waals surface area contributed by atoms with Crippen LogP contribution in [0.25, 0.3) is 0 Å². The average molecular weight is 318 g/mol. The zero-order valence-electron chi connectivity index (χ0n) is 11.9. The molecule has 1 aliphatic heterocycles. The molecule has 2 rings (SSSR count). The van der Waals surface area contributed by atoms with Crippen LogP contribution in [0.5, 0.6) is 0 Å². The van der Waals surface area contributed by atoms with Crippen LogP contribution in [0.15, 0.2) is 16.3 Å². The Labute approximate surface area is 124 Å². The summed E-state index contributed by atoms with van der Waals surface area (Å²) in [6.07, 6.45) is 0. The number of nitrogens with zero attached hydrogens (tertiary/aromatic N) is 2. The van der Waals surface area contributed by atoms with E-state index in [2.05, 4.69) is 21.6 Å². The van der Waals surface area contributed by atoms with Gasteiger partial charge in [0.2, 0.25) is 10.0 Å². The monoisotopic (exact) mass is 318 g/mol. The summed E-state index contributed by atoms with van der Waals surface area (Å²) in [6.45, 7) is 3.51. The predicted molar refractivity (Wildman–Crippen MR) is 81.3 cm³/mol. The molecule has 0 aromatic carbocycles. The van der Waals surface area contributed by atoms with Gasteiger partial charge in [0.05, 0.1) is 4.90 Å². The normalized spacial score (nSPS) is 22.2. The van der Waals surface area contributed by atoms with Crippen LogP contribution < -0.4 is 10.5 Å². The minimum absolute atomic E-state index is 0.198. The van der Waals surface area contributed by atoms with Crippen LogP contribution in [-0.2, 0) is 16.6 Å². The topological polar surface area (TPSA) is 78.7 Å². The van der Waals surface area contributed by atoms with Gasteiger partial charge in [0.1, 0.15) is 0 Å². The standard InChI is InChI=1S/C12H22N4O2S2/c1-15-4-5-16(2)10(9-15)8-14-20(17,18)12-3-6-19-11(12)7-13/h3,6,10,14H,4-5,7-9,13H2,1-2H3. The molecule has 114 valence electrons. The lowest BCUT2D eigenvalue weighted by molar-refractivity contribution is 0.117. The molecule has 1 saturated heterocycles. The molecule has 1 aliphatic rings. The van der Waals surface area contributed by atoms with Crippen LogP contribution >= 0.6 is 11.3 Å². The molecular formula is C12H22N4O2S2. The van der Waals surface area contributed by atoms with Gasteiger partial charge in [-0.3, -0.25) is 4.90 Å². The zero-order valence-corrected chi connectivity index (χ0v) is 13.5. The third-order valence-electron chi connectivity index (χ3n) is 3.67. The maximum absolute atomic E-state index is 12.3. The summed E-state index contributed by atoms with van der Waals surface area (Å²) < 4.78 is 27.3. The van der Waals surface area contributed by atoms with E-state index in [1.807, 2.05) is 7.05 Å². The molecule has 1 aromatic heterocycles. The van der Waals surface area contributed by atoms with E-state index in [0.29, 0.717) is 16.3 Å². The maximum Gasteiger partial charge on any atom is 0.241 e. The summed E-state index contributed by atoms with van der Waals surface area (Å²) in [5.74, 6) is 0. The minimum atomic E-state index is -3.46. The van der Waals surface area contributed by atoms with E-state index in [9.17, 15) is 8.42 Å². The molecule has 1 atom stereocenters. The van der Waals surface area contributed by atoms with Gasteiger partial charge in [0.25, 0.3) is 0 Å². The van der Waals surface area contributed by atoms with Crippen molar-refractivity contribution in [3.05, 3.63) is 16.3 Å². The summed E-state index contributed by atoms with van der Waals surface area (Å²) in [4.78, 5) is 5.43. The average Bonchev–Trinajstić information content (AvgIpc) is 2.89. The van der Waals surface area contributed by atoms with Crippen LogP contribution in [0.4, 0.5) is 0 Å². The number of hydrogen-bond donors (Lipinski definition) is 2. The highest BCUT2D eigenvalue weighted by atomic mass is 32.2. The van der Waals surface area contributed by atoms with Crippen molar-refractivity contribution < 1.29 is 8.42 Å². The fourth-order valence-corrected chi connectivity index (χ4v) is 4.73. The molecule has 0 aliphatic carbocycles. The minimum Gasteiger partial charge on any atom is -0.326 e. The lowest BCUT2D eigenvalue weighted by Crippen LogP contribution is -2.54. The molecule has 20 heavy (non-hydrogen) atoms. The van der Waals surface area contributed by atoms with Crippen molar-refractivity contribution >= 4 is 21.4 Å². The zero-order chi connectivity index (χ0) is 14.8. The van der Waals surface area contributed by atoms with Gasteiger partial charge in [-0.1, -0.05) is 0 Å². The molecule has 0 spiro atoms. The number of nitrogens with two attached hydrogens (primary N) is 1. The Morgan fingerprint density at radius 3 is 2.90 bits per heavy atom. The number of piperazine rings is 1. The van der Waals surface area contributed by atoms with Crippen LogP contribution in [0.2, 0.25) is 0 Å². The fraction of sp³-hybridized carbons (Fsp3) is 0.667. The van der Waals surface area contributed by atoms with Gasteiger partial charge in [-0.25, -0.2) is 13.1 Å². The van der Waals surface area contributed by atoms with E-state index in [4.69, 9.17) is 5.73 Å². The van der Waals surface area contributed by atoms with Crippen molar-refractivity contribution in [2.75, 3.05) is 40.3 Å². The van der Waals surface area contributed by atoms with Gasteiger partial charge in [0.15, 0.2) is 0 Å². The molecule has 3 N–H and O–H groups in total.